The first-order valence-corrected chi connectivity index (χ1v) is 8.03. The lowest BCUT2D eigenvalue weighted by atomic mass is 10.1. The Bertz CT molecular complexity index is 782. The van der Waals surface area contributed by atoms with Crippen LogP contribution in [-0.2, 0) is 7.05 Å². The van der Waals surface area contributed by atoms with E-state index in [0.717, 1.165) is 16.3 Å². The SMILES string of the molecule is Cc1nn(C)cc1NC(=O)N[C@@H](c1ccccc1)c1nccs1. The molecule has 0 aliphatic rings. The van der Waals surface area contributed by atoms with Crippen molar-refractivity contribution in [2.24, 2.45) is 7.05 Å². The Morgan fingerprint density at radius 3 is 2.70 bits per heavy atom. The van der Waals surface area contributed by atoms with Gasteiger partial charge in [0.25, 0.3) is 0 Å². The standard InChI is InChI=1S/C16H17N5OS/c1-11-13(10-21(2)20-11)18-16(22)19-14(15-17-8-9-23-15)12-6-4-3-5-7-12/h3-10,14H,1-2H3,(H2,18,19,22)/t14-/m0/s1. The van der Waals surface area contributed by atoms with Gasteiger partial charge >= 0.3 is 6.03 Å². The highest BCUT2D eigenvalue weighted by Crippen LogP contribution is 2.24. The normalized spacial score (nSPS) is 11.9. The highest BCUT2D eigenvalue weighted by molar-refractivity contribution is 7.09. The number of hydrogen-bond donors (Lipinski definition) is 2. The third-order valence-electron chi connectivity index (χ3n) is 3.37. The summed E-state index contributed by atoms with van der Waals surface area (Å²) in [5.74, 6) is 0. The number of urea groups is 1. The molecule has 0 aliphatic heterocycles. The first kappa shape index (κ1) is 15.2. The number of hydrogen-bond acceptors (Lipinski definition) is 4. The number of thiazole rings is 1. The number of nitrogens with one attached hydrogen (secondary N) is 2. The molecule has 118 valence electrons. The number of rotatable bonds is 4. The van der Waals surface area contributed by atoms with E-state index in [1.807, 2.05) is 49.7 Å². The van der Waals surface area contributed by atoms with Gasteiger partial charge in [0.05, 0.1) is 11.4 Å². The Kier molecular flexibility index (Phi) is 4.38. The maximum Gasteiger partial charge on any atom is 0.320 e. The highest BCUT2D eigenvalue weighted by atomic mass is 32.1. The van der Waals surface area contributed by atoms with E-state index in [1.165, 1.54) is 11.3 Å². The van der Waals surface area contributed by atoms with Crippen LogP contribution in [0.15, 0.2) is 48.1 Å². The summed E-state index contributed by atoms with van der Waals surface area (Å²) in [4.78, 5) is 16.7. The summed E-state index contributed by atoms with van der Waals surface area (Å²) in [6, 6.07) is 9.21. The summed E-state index contributed by atoms with van der Waals surface area (Å²) in [5, 5.41) is 12.8. The summed E-state index contributed by atoms with van der Waals surface area (Å²) >= 11 is 1.51. The lowest BCUT2D eigenvalue weighted by molar-refractivity contribution is 0.250. The predicted molar refractivity (Wildman–Crippen MR) is 90.5 cm³/mol. The molecule has 2 N–H and O–H groups in total. The van der Waals surface area contributed by atoms with Gasteiger partial charge in [-0.05, 0) is 12.5 Å². The number of aromatic nitrogens is 3. The molecule has 23 heavy (non-hydrogen) atoms. The number of carbonyl (C=O) groups is 1. The molecule has 0 bridgehead atoms. The molecule has 3 rings (SSSR count). The Labute approximate surface area is 138 Å². The van der Waals surface area contributed by atoms with Gasteiger partial charge in [-0.2, -0.15) is 5.10 Å². The molecule has 7 heteroatoms. The maximum absolute atomic E-state index is 12.4. The zero-order valence-corrected chi connectivity index (χ0v) is 13.7. The maximum atomic E-state index is 12.4. The van der Waals surface area contributed by atoms with Crippen molar-refractivity contribution in [1.29, 1.82) is 0 Å². The predicted octanol–water partition coefficient (Wildman–Crippen LogP) is 3.10. The quantitative estimate of drug-likeness (QED) is 0.773. The minimum absolute atomic E-state index is 0.284. The van der Waals surface area contributed by atoms with Crippen LogP contribution in [0.1, 0.15) is 22.3 Å². The number of aryl methyl sites for hydroxylation is 2. The molecule has 0 saturated carbocycles. The van der Waals surface area contributed by atoms with Gasteiger partial charge in [-0.25, -0.2) is 9.78 Å². The first-order valence-electron chi connectivity index (χ1n) is 7.15. The van der Waals surface area contributed by atoms with Crippen molar-refractivity contribution in [1.82, 2.24) is 20.1 Å². The zero-order valence-electron chi connectivity index (χ0n) is 12.9. The molecule has 2 amide bonds. The van der Waals surface area contributed by atoms with Gasteiger partial charge in [0.1, 0.15) is 11.0 Å². The fraction of sp³-hybridized carbons (Fsp3) is 0.188. The zero-order chi connectivity index (χ0) is 16.2. The molecule has 1 atom stereocenters. The van der Waals surface area contributed by atoms with E-state index in [0.29, 0.717) is 5.69 Å². The van der Waals surface area contributed by atoms with Gasteiger partial charge in [-0.15, -0.1) is 11.3 Å². The van der Waals surface area contributed by atoms with Crippen LogP contribution in [0.2, 0.25) is 0 Å². The van der Waals surface area contributed by atoms with Crippen LogP contribution in [0.4, 0.5) is 10.5 Å². The second kappa shape index (κ2) is 6.62. The fourth-order valence-corrected chi connectivity index (χ4v) is 3.04. The van der Waals surface area contributed by atoms with Gasteiger partial charge in [-0.3, -0.25) is 4.68 Å². The van der Waals surface area contributed by atoms with Crippen LogP contribution in [0.5, 0.6) is 0 Å². The smallest absolute Gasteiger partial charge is 0.320 e. The van der Waals surface area contributed by atoms with Crippen LogP contribution in [-0.4, -0.2) is 20.8 Å². The van der Waals surface area contributed by atoms with Gasteiger partial charge in [0.2, 0.25) is 0 Å². The van der Waals surface area contributed by atoms with Gasteiger partial charge < -0.3 is 10.6 Å². The molecule has 0 saturated heterocycles. The summed E-state index contributed by atoms with van der Waals surface area (Å²) < 4.78 is 1.67. The molecule has 0 radical (unpaired) electrons. The van der Waals surface area contributed by atoms with Crippen LogP contribution < -0.4 is 10.6 Å². The third kappa shape index (κ3) is 3.57. The van der Waals surface area contributed by atoms with E-state index in [9.17, 15) is 4.79 Å². The lowest BCUT2D eigenvalue weighted by Gasteiger charge is -2.17. The number of amides is 2. The topological polar surface area (TPSA) is 71.8 Å². The Hall–Kier alpha value is -2.67. The van der Waals surface area contributed by atoms with Crippen LogP contribution in [0.3, 0.4) is 0 Å². The number of anilines is 1. The highest BCUT2D eigenvalue weighted by Gasteiger charge is 2.19. The van der Waals surface area contributed by atoms with Crippen LogP contribution >= 0.6 is 11.3 Å². The van der Waals surface area contributed by atoms with Gasteiger partial charge in [0.15, 0.2) is 0 Å². The molecule has 0 spiro atoms. The van der Waals surface area contributed by atoms with E-state index < -0.39 is 0 Å². The summed E-state index contributed by atoms with van der Waals surface area (Å²) in [6.45, 7) is 1.85. The Balaban J connectivity index is 1.79. The van der Waals surface area contributed by atoms with E-state index >= 15 is 0 Å². The molecule has 1 aromatic carbocycles. The molecular formula is C16H17N5OS. The number of carbonyl (C=O) groups excluding carboxylic acids is 1. The fourth-order valence-electron chi connectivity index (χ4n) is 2.32. The molecule has 0 aliphatic carbocycles. The minimum Gasteiger partial charge on any atom is -0.324 e. The first-order chi connectivity index (χ1) is 11.1. The third-order valence-corrected chi connectivity index (χ3v) is 4.21. The van der Waals surface area contributed by atoms with Gasteiger partial charge in [0, 0.05) is 24.8 Å². The molecule has 0 unspecified atom stereocenters. The van der Waals surface area contributed by atoms with E-state index in [4.69, 9.17) is 0 Å². The Morgan fingerprint density at radius 1 is 1.30 bits per heavy atom. The number of nitrogens with zero attached hydrogens (tertiary/aromatic N) is 3. The summed E-state index contributed by atoms with van der Waals surface area (Å²) in [6.07, 6.45) is 3.51. The van der Waals surface area contributed by atoms with E-state index in [2.05, 4.69) is 20.7 Å². The van der Waals surface area contributed by atoms with Crippen molar-refractivity contribution in [3.63, 3.8) is 0 Å². The van der Waals surface area contributed by atoms with Crippen LogP contribution in [0.25, 0.3) is 0 Å². The number of benzene rings is 1. The monoisotopic (exact) mass is 327 g/mol. The minimum atomic E-state index is -0.287. The Morgan fingerprint density at radius 2 is 2.09 bits per heavy atom. The molecule has 0 fully saturated rings. The molecule has 3 aromatic rings. The van der Waals surface area contributed by atoms with Crippen molar-refractivity contribution < 1.29 is 4.79 Å². The van der Waals surface area contributed by atoms with E-state index in [-0.39, 0.29) is 12.1 Å². The summed E-state index contributed by atoms with van der Waals surface area (Å²) in [5.41, 5.74) is 2.45. The average molecular weight is 327 g/mol. The second-order valence-corrected chi connectivity index (χ2v) is 6.04. The van der Waals surface area contributed by atoms with Crippen molar-refractivity contribution in [2.75, 3.05) is 5.32 Å². The van der Waals surface area contributed by atoms with E-state index in [1.54, 1.807) is 17.1 Å². The largest absolute Gasteiger partial charge is 0.324 e. The average Bonchev–Trinajstić information content (AvgIpc) is 3.16. The molecule has 2 aromatic heterocycles. The molecule has 6 nitrogen and oxygen atoms in total. The van der Waals surface area contributed by atoms with Crippen molar-refractivity contribution in [2.45, 2.75) is 13.0 Å². The van der Waals surface area contributed by atoms with Crippen molar-refractivity contribution in [3.8, 4) is 0 Å². The molecular weight excluding hydrogens is 310 g/mol. The van der Waals surface area contributed by atoms with Crippen LogP contribution in [0, 0.1) is 6.92 Å². The van der Waals surface area contributed by atoms with Gasteiger partial charge in [-0.1, -0.05) is 30.3 Å². The summed E-state index contributed by atoms with van der Waals surface area (Å²) in [7, 11) is 1.82. The second-order valence-electron chi connectivity index (χ2n) is 5.11. The molecule has 2 heterocycles. The van der Waals surface area contributed by atoms with Crippen molar-refractivity contribution >= 4 is 23.1 Å². The van der Waals surface area contributed by atoms with Crippen molar-refractivity contribution in [3.05, 3.63) is 64.4 Å². The lowest BCUT2D eigenvalue weighted by Crippen LogP contribution is -2.33.